The van der Waals surface area contributed by atoms with Crippen molar-refractivity contribution < 1.29 is 4.79 Å². The zero-order valence-corrected chi connectivity index (χ0v) is 12.4. The maximum atomic E-state index is 12.4. The molecule has 0 spiro atoms. The number of rotatable bonds is 3. The molecular formula is C17H15ClN2O. The van der Waals surface area contributed by atoms with Crippen molar-refractivity contribution in [1.82, 2.24) is 4.98 Å². The smallest absolute Gasteiger partial charge is 0.231 e. The van der Waals surface area contributed by atoms with Crippen molar-refractivity contribution in [2.75, 3.05) is 11.9 Å². The molecule has 0 aliphatic heterocycles. The summed E-state index contributed by atoms with van der Waals surface area (Å²) in [7, 11) is 1.80. The van der Waals surface area contributed by atoms with Gasteiger partial charge in [0.15, 0.2) is 0 Å². The van der Waals surface area contributed by atoms with E-state index in [1.54, 1.807) is 11.9 Å². The van der Waals surface area contributed by atoms with Gasteiger partial charge >= 0.3 is 0 Å². The van der Waals surface area contributed by atoms with Gasteiger partial charge in [-0.2, -0.15) is 0 Å². The van der Waals surface area contributed by atoms with Crippen LogP contribution in [0.2, 0.25) is 5.02 Å². The zero-order valence-electron chi connectivity index (χ0n) is 11.6. The molecule has 0 saturated heterocycles. The summed E-state index contributed by atoms with van der Waals surface area (Å²) >= 11 is 5.97. The number of H-pyrrole nitrogens is 1. The number of nitrogens with zero attached hydrogens (tertiary/aromatic N) is 1. The highest BCUT2D eigenvalue weighted by Crippen LogP contribution is 2.23. The Balaban J connectivity index is 1.83. The van der Waals surface area contributed by atoms with Crippen LogP contribution in [0, 0.1) is 0 Å². The first-order valence-electron chi connectivity index (χ1n) is 6.72. The number of fused-ring (bicyclic) bond motifs is 1. The number of anilines is 1. The fourth-order valence-electron chi connectivity index (χ4n) is 2.38. The van der Waals surface area contributed by atoms with E-state index in [1.807, 2.05) is 54.7 Å². The highest BCUT2D eigenvalue weighted by molar-refractivity contribution is 6.31. The Kier molecular flexibility index (Phi) is 3.67. The summed E-state index contributed by atoms with van der Waals surface area (Å²) in [6.45, 7) is 0. The van der Waals surface area contributed by atoms with E-state index in [4.69, 9.17) is 11.6 Å². The molecule has 0 fully saturated rings. The van der Waals surface area contributed by atoms with Crippen LogP contribution in [-0.4, -0.2) is 17.9 Å². The van der Waals surface area contributed by atoms with E-state index < -0.39 is 0 Å². The second-order valence-corrected chi connectivity index (χ2v) is 5.41. The number of hydrogen-bond acceptors (Lipinski definition) is 1. The van der Waals surface area contributed by atoms with Crippen molar-refractivity contribution in [2.45, 2.75) is 6.42 Å². The van der Waals surface area contributed by atoms with Crippen LogP contribution in [0.15, 0.2) is 54.7 Å². The highest BCUT2D eigenvalue weighted by Gasteiger charge is 2.14. The summed E-state index contributed by atoms with van der Waals surface area (Å²) in [5.74, 6) is 0.0528. The van der Waals surface area contributed by atoms with Crippen LogP contribution >= 0.6 is 11.6 Å². The molecule has 3 aromatic rings. The number of likely N-dealkylation sites (N-methyl/N-ethyl adjacent to an activating group) is 1. The Morgan fingerprint density at radius 3 is 2.71 bits per heavy atom. The van der Waals surface area contributed by atoms with E-state index >= 15 is 0 Å². The molecule has 3 rings (SSSR count). The van der Waals surface area contributed by atoms with E-state index in [1.165, 1.54) is 0 Å². The molecule has 0 bridgehead atoms. The van der Waals surface area contributed by atoms with Gasteiger partial charge in [0.1, 0.15) is 0 Å². The average Bonchev–Trinajstić information content (AvgIpc) is 2.89. The molecule has 0 atom stereocenters. The minimum atomic E-state index is 0.0528. The Morgan fingerprint density at radius 2 is 1.95 bits per heavy atom. The molecule has 1 amide bonds. The molecule has 4 heteroatoms. The summed E-state index contributed by atoms with van der Waals surface area (Å²) < 4.78 is 0. The first-order chi connectivity index (χ1) is 10.1. The Labute approximate surface area is 128 Å². The van der Waals surface area contributed by atoms with Crippen molar-refractivity contribution in [1.29, 1.82) is 0 Å². The Bertz CT molecular complexity index is 780. The number of aromatic nitrogens is 1. The van der Waals surface area contributed by atoms with Gasteiger partial charge in [-0.25, -0.2) is 0 Å². The second kappa shape index (κ2) is 5.62. The zero-order chi connectivity index (χ0) is 14.8. The minimum Gasteiger partial charge on any atom is -0.361 e. The van der Waals surface area contributed by atoms with E-state index in [9.17, 15) is 4.79 Å². The van der Waals surface area contributed by atoms with E-state index in [0.717, 1.165) is 22.2 Å². The molecule has 1 aromatic heterocycles. The molecule has 0 aliphatic carbocycles. The molecule has 1 N–H and O–H groups in total. The summed E-state index contributed by atoms with van der Waals surface area (Å²) in [4.78, 5) is 17.2. The van der Waals surface area contributed by atoms with Crippen molar-refractivity contribution in [3.05, 3.63) is 65.3 Å². The van der Waals surface area contributed by atoms with Gasteiger partial charge in [0.25, 0.3) is 0 Å². The summed E-state index contributed by atoms with van der Waals surface area (Å²) in [6, 6.07) is 15.3. The molecular weight excluding hydrogens is 284 g/mol. The largest absolute Gasteiger partial charge is 0.361 e. The highest BCUT2D eigenvalue weighted by atomic mass is 35.5. The number of hydrogen-bond donors (Lipinski definition) is 1. The quantitative estimate of drug-likeness (QED) is 0.779. The SMILES string of the molecule is CN(C(=O)Cc1c[nH]c2cc(Cl)ccc12)c1ccccc1. The van der Waals surface area contributed by atoms with Crippen LogP contribution in [0.1, 0.15) is 5.56 Å². The van der Waals surface area contributed by atoms with Crippen LogP contribution in [0.25, 0.3) is 10.9 Å². The third-order valence-electron chi connectivity index (χ3n) is 3.59. The summed E-state index contributed by atoms with van der Waals surface area (Å²) in [5, 5.41) is 1.72. The number of amides is 1. The molecule has 2 aromatic carbocycles. The number of aromatic amines is 1. The van der Waals surface area contributed by atoms with Gasteiger partial charge < -0.3 is 9.88 Å². The van der Waals surface area contributed by atoms with Crippen LogP contribution < -0.4 is 4.90 Å². The van der Waals surface area contributed by atoms with Gasteiger partial charge in [0.2, 0.25) is 5.91 Å². The average molecular weight is 299 g/mol. The number of carbonyl (C=O) groups excluding carboxylic acids is 1. The van der Waals surface area contributed by atoms with Gasteiger partial charge in [-0.15, -0.1) is 0 Å². The maximum absolute atomic E-state index is 12.4. The van der Waals surface area contributed by atoms with Crippen molar-refractivity contribution in [3.8, 4) is 0 Å². The van der Waals surface area contributed by atoms with Gasteiger partial charge in [0.05, 0.1) is 6.42 Å². The third kappa shape index (κ3) is 2.78. The minimum absolute atomic E-state index is 0.0528. The molecule has 1 heterocycles. The van der Waals surface area contributed by atoms with Crippen LogP contribution in [0.3, 0.4) is 0 Å². The second-order valence-electron chi connectivity index (χ2n) is 4.97. The lowest BCUT2D eigenvalue weighted by Gasteiger charge is -2.17. The van der Waals surface area contributed by atoms with Gasteiger partial charge in [0, 0.05) is 34.9 Å². The van der Waals surface area contributed by atoms with Crippen molar-refractivity contribution in [2.24, 2.45) is 0 Å². The molecule has 0 unspecified atom stereocenters. The number of halogens is 1. The lowest BCUT2D eigenvalue weighted by Crippen LogP contribution is -2.27. The lowest BCUT2D eigenvalue weighted by atomic mass is 10.1. The number of benzene rings is 2. The van der Waals surface area contributed by atoms with Gasteiger partial charge in [-0.05, 0) is 29.8 Å². The topological polar surface area (TPSA) is 36.1 Å². The number of carbonyl (C=O) groups is 1. The molecule has 0 radical (unpaired) electrons. The van der Waals surface area contributed by atoms with Crippen molar-refractivity contribution in [3.63, 3.8) is 0 Å². The fourth-order valence-corrected chi connectivity index (χ4v) is 2.55. The van der Waals surface area contributed by atoms with E-state index in [0.29, 0.717) is 11.4 Å². The van der Waals surface area contributed by atoms with E-state index in [2.05, 4.69) is 4.98 Å². The predicted molar refractivity (Wildman–Crippen MR) is 86.9 cm³/mol. The lowest BCUT2D eigenvalue weighted by molar-refractivity contribution is -0.117. The maximum Gasteiger partial charge on any atom is 0.231 e. The molecule has 21 heavy (non-hydrogen) atoms. The number of para-hydroxylation sites is 1. The van der Waals surface area contributed by atoms with Gasteiger partial charge in [-0.1, -0.05) is 35.9 Å². The normalized spacial score (nSPS) is 10.8. The molecule has 106 valence electrons. The summed E-state index contributed by atoms with van der Waals surface area (Å²) in [6.07, 6.45) is 2.23. The number of nitrogens with one attached hydrogen (secondary N) is 1. The van der Waals surface area contributed by atoms with Crippen molar-refractivity contribution >= 4 is 34.1 Å². The van der Waals surface area contributed by atoms with E-state index in [-0.39, 0.29) is 5.91 Å². The Hall–Kier alpha value is -2.26. The summed E-state index contributed by atoms with van der Waals surface area (Å²) in [5.41, 5.74) is 2.83. The molecule has 0 aliphatic rings. The molecule has 3 nitrogen and oxygen atoms in total. The van der Waals surface area contributed by atoms with Crippen LogP contribution in [0.4, 0.5) is 5.69 Å². The first-order valence-corrected chi connectivity index (χ1v) is 7.10. The standard InChI is InChI=1S/C17H15ClN2O/c1-20(14-5-3-2-4-6-14)17(21)9-12-11-19-16-10-13(18)7-8-15(12)16/h2-8,10-11,19H,9H2,1H3. The van der Waals surface area contributed by atoms with Crippen LogP contribution in [-0.2, 0) is 11.2 Å². The first kappa shape index (κ1) is 13.7. The van der Waals surface area contributed by atoms with Crippen LogP contribution in [0.5, 0.6) is 0 Å². The fraction of sp³-hybridized carbons (Fsp3) is 0.118. The predicted octanol–water partition coefficient (Wildman–Crippen LogP) is 4.03. The monoisotopic (exact) mass is 298 g/mol. The molecule has 0 saturated carbocycles. The Morgan fingerprint density at radius 1 is 1.19 bits per heavy atom. The third-order valence-corrected chi connectivity index (χ3v) is 3.82. The van der Waals surface area contributed by atoms with Gasteiger partial charge in [-0.3, -0.25) is 4.79 Å².